The summed E-state index contributed by atoms with van der Waals surface area (Å²) in [6.45, 7) is 9.26. The summed E-state index contributed by atoms with van der Waals surface area (Å²) in [6, 6.07) is 6.24. The predicted molar refractivity (Wildman–Crippen MR) is 133 cm³/mol. The van der Waals surface area contributed by atoms with E-state index < -0.39 is 0 Å². The number of nitrogens with zero attached hydrogens (tertiary/aromatic N) is 2. The summed E-state index contributed by atoms with van der Waals surface area (Å²) in [4.78, 5) is 8.75. The molecule has 1 fully saturated rings. The third-order valence-corrected chi connectivity index (χ3v) is 5.95. The smallest absolute Gasteiger partial charge is 0.231 e. The fraction of sp³-hybridized carbons (Fsp3) is 0.565. The third-order valence-electron chi connectivity index (χ3n) is 5.95. The third kappa shape index (κ3) is 5.48. The van der Waals surface area contributed by atoms with Crippen LogP contribution < -0.4 is 20.1 Å². The molecule has 3 heterocycles. The standard InChI is InChI=1S/C23H32N4O4.HI/c1-22(2,3)19-12-25-20(31-19)13-26-21(24-4)27-14-23(7-9-28-10-8-23)16-5-6-17-18(11-16)30-15-29-17;/h5-6,11-12H,7-10,13-15H2,1-4H3,(H2,24,26,27);1H. The molecular formula is C23H33IN4O4. The molecule has 9 heteroatoms. The largest absolute Gasteiger partial charge is 0.454 e. The van der Waals surface area contributed by atoms with E-state index in [9.17, 15) is 0 Å². The molecule has 0 amide bonds. The fourth-order valence-electron chi connectivity index (χ4n) is 3.93. The van der Waals surface area contributed by atoms with Crippen molar-refractivity contribution in [2.45, 2.75) is 51.0 Å². The number of oxazole rings is 1. The van der Waals surface area contributed by atoms with Crippen LogP contribution in [0.1, 0.15) is 50.8 Å². The highest BCUT2D eigenvalue weighted by Crippen LogP contribution is 2.40. The molecule has 0 saturated carbocycles. The molecule has 8 nitrogen and oxygen atoms in total. The summed E-state index contributed by atoms with van der Waals surface area (Å²) in [5, 5.41) is 6.80. The topological polar surface area (TPSA) is 90.1 Å². The summed E-state index contributed by atoms with van der Waals surface area (Å²) in [5.74, 6) is 3.84. The molecule has 0 atom stereocenters. The van der Waals surface area contributed by atoms with Crippen molar-refractivity contribution in [3.8, 4) is 11.5 Å². The summed E-state index contributed by atoms with van der Waals surface area (Å²) < 4.78 is 22.6. The van der Waals surface area contributed by atoms with E-state index in [2.05, 4.69) is 53.5 Å². The monoisotopic (exact) mass is 556 g/mol. The van der Waals surface area contributed by atoms with Crippen molar-refractivity contribution in [1.82, 2.24) is 15.6 Å². The maximum atomic E-state index is 5.87. The zero-order chi connectivity index (χ0) is 21.9. The van der Waals surface area contributed by atoms with Crippen LogP contribution in [0.3, 0.4) is 0 Å². The van der Waals surface area contributed by atoms with Crippen molar-refractivity contribution in [3.63, 3.8) is 0 Å². The number of guanidine groups is 1. The minimum Gasteiger partial charge on any atom is -0.454 e. The summed E-state index contributed by atoms with van der Waals surface area (Å²) in [7, 11) is 1.77. The molecule has 0 radical (unpaired) electrons. The Morgan fingerprint density at radius 2 is 1.88 bits per heavy atom. The Hall–Kier alpha value is -2.01. The van der Waals surface area contributed by atoms with Crippen LogP contribution in [0, 0.1) is 0 Å². The lowest BCUT2D eigenvalue weighted by molar-refractivity contribution is 0.0513. The second kappa shape index (κ2) is 10.3. The number of benzene rings is 1. The first-order valence-electron chi connectivity index (χ1n) is 10.8. The van der Waals surface area contributed by atoms with E-state index in [4.69, 9.17) is 18.6 Å². The second-order valence-corrected chi connectivity index (χ2v) is 9.11. The minimum atomic E-state index is -0.0703. The molecule has 0 spiro atoms. The van der Waals surface area contributed by atoms with Crippen LogP contribution >= 0.6 is 24.0 Å². The van der Waals surface area contributed by atoms with E-state index >= 15 is 0 Å². The number of nitrogens with one attached hydrogen (secondary N) is 2. The summed E-state index contributed by atoms with van der Waals surface area (Å²) >= 11 is 0. The van der Waals surface area contributed by atoms with Gasteiger partial charge in [-0.25, -0.2) is 4.98 Å². The molecule has 1 aromatic carbocycles. The van der Waals surface area contributed by atoms with Gasteiger partial charge in [0.25, 0.3) is 0 Å². The lowest BCUT2D eigenvalue weighted by Crippen LogP contribution is -2.47. The van der Waals surface area contributed by atoms with Crippen molar-refractivity contribution in [2.75, 3.05) is 33.6 Å². The Labute approximate surface area is 206 Å². The van der Waals surface area contributed by atoms with Gasteiger partial charge in [-0.3, -0.25) is 4.99 Å². The van der Waals surface area contributed by atoms with Gasteiger partial charge >= 0.3 is 0 Å². The molecule has 0 aliphatic carbocycles. The Morgan fingerprint density at radius 3 is 2.56 bits per heavy atom. The van der Waals surface area contributed by atoms with Crippen LogP contribution in [0.4, 0.5) is 0 Å². The zero-order valence-electron chi connectivity index (χ0n) is 19.2. The first-order valence-corrected chi connectivity index (χ1v) is 10.8. The highest BCUT2D eigenvalue weighted by atomic mass is 127. The molecule has 4 rings (SSSR count). The average Bonchev–Trinajstić information content (AvgIpc) is 3.43. The Morgan fingerprint density at radius 1 is 1.12 bits per heavy atom. The first-order chi connectivity index (χ1) is 14.9. The van der Waals surface area contributed by atoms with Gasteiger partial charge in [0.1, 0.15) is 5.76 Å². The zero-order valence-corrected chi connectivity index (χ0v) is 21.5. The van der Waals surface area contributed by atoms with E-state index in [1.165, 1.54) is 5.56 Å². The minimum absolute atomic E-state index is 0. The number of ether oxygens (including phenoxy) is 3. The van der Waals surface area contributed by atoms with E-state index in [-0.39, 0.29) is 41.6 Å². The lowest BCUT2D eigenvalue weighted by Gasteiger charge is -2.38. The molecule has 1 aromatic heterocycles. The molecule has 32 heavy (non-hydrogen) atoms. The van der Waals surface area contributed by atoms with Crippen LogP contribution in [0.15, 0.2) is 33.8 Å². The number of hydrogen-bond acceptors (Lipinski definition) is 6. The Bertz CT molecular complexity index is 932. The van der Waals surface area contributed by atoms with Gasteiger partial charge in [-0.2, -0.15) is 0 Å². The van der Waals surface area contributed by atoms with Gasteiger partial charge in [-0.15, -0.1) is 24.0 Å². The number of rotatable bonds is 5. The molecule has 2 aromatic rings. The van der Waals surface area contributed by atoms with Crippen molar-refractivity contribution in [1.29, 1.82) is 0 Å². The number of aliphatic imine (C=N–C) groups is 1. The molecular weight excluding hydrogens is 523 g/mol. The molecule has 1 saturated heterocycles. The maximum absolute atomic E-state index is 5.87. The quantitative estimate of drug-likeness (QED) is 0.330. The molecule has 0 unspecified atom stereocenters. The van der Waals surface area contributed by atoms with Crippen molar-refractivity contribution >= 4 is 29.9 Å². The highest BCUT2D eigenvalue weighted by molar-refractivity contribution is 14.0. The molecule has 2 aliphatic rings. The maximum Gasteiger partial charge on any atom is 0.231 e. The van der Waals surface area contributed by atoms with Gasteiger partial charge in [0.15, 0.2) is 17.5 Å². The Balaban J connectivity index is 0.00000289. The lowest BCUT2D eigenvalue weighted by atomic mass is 9.74. The Kier molecular flexibility index (Phi) is 7.92. The van der Waals surface area contributed by atoms with E-state index in [1.807, 2.05) is 6.07 Å². The van der Waals surface area contributed by atoms with Gasteiger partial charge in [0, 0.05) is 37.6 Å². The molecule has 176 valence electrons. The highest BCUT2D eigenvalue weighted by Gasteiger charge is 2.36. The summed E-state index contributed by atoms with van der Waals surface area (Å²) in [5.41, 5.74) is 1.09. The average molecular weight is 556 g/mol. The number of aromatic nitrogens is 1. The van der Waals surface area contributed by atoms with Crippen LogP contribution in [0.5, 0.6) is 11.5 Å². The van der Waals surface area contributed by atoms with Gasteiger partial charge in [0.05, 0.1) is 12.7 Å². The van der Waals surface area contributed by atoms with E-state index in [1.54, 1.807) is 13.2 Å². The van der Waals surface area contributed by atoms with Crippen LogP contribution in [-0.4, -0.2) is 44.5 Å². The second-order valence-electron chi connectivity index (χ2n) is 9.11. The molecule has 2 N–H and O–H groups in total. The van der Waals surface area contributed by atoms with E-state index in [0.29, 0.717) is 18.4 Å². The number of fused-ring (bicyclic) bond motifs is 1. The molecule has 0 bridgehead atoms. The first kappa shape index (κ1) is 24.6. The van der Waals surface area contributed by atoms with Gasteiger partial charge in [0.2, 0.25) is 12.7 Å². The molecule has 2 aliphatic heterocycles. The van der Waals surface area contributed by atoms with Crippen LogP contribution in [-0.2, 0) is 22.1 Å². The van der Waals surface area contributed by atoms with Crippen molar-refractivity contribution in [3.05, 3.63) is 41.6 Å². The number of halogens is 1. The van der Waals surface area contributed by atoms with E-state index in [0.717, 1.165) is 49.9 Å². The van der Waals surface area contributed by atoms with Crippen molar-refractivity contribution in [2.24, 2.45) is 4.99 Å². The summed E-state index contributed by atoms with van der Waals surface area (Å²) in [6.07, 6.45) is 3.64. The SMILES string of the molecule is CN=C(NCc1ncc(C(C)(C)C)o1)NCC1(c2ccc3c(c2)OCO3)CCOCC1.I. The fourth-order valence-corrected chi connectivity index (χ4v) is 3.93. The number of hydrogen-bond donors (Lipinski definition) is 2. The van der Waals surface area contributed by atoms with Crippen molar-refractivity contribution < 1.29 is 18.6 Å². The van der Waals surface area contributed by atoms with Gasteiger partial charge in [-0.05, 0) is 30.5 Å². The van der Waals surface area contributed by atoms with Crippen LogP contribution in [0.2, 0.25) is 0 Å². The van der Waals surface area contributed by atoms with Crippen LogP contribution in [0.25, 0.3) is 0 Å². The predicted octanol–water partition coefficient (Wildman–Crippen LogP) is 3.73. The normalized spacial score (nSPS) is 17.6. The van der Waals surface area contributed by atoms with Gasteiger partial charge < -0.3 is 29.3 Å². The van der Waals surface area contributed by atoms with Gasteiger partial charge in [-0.1, -0.05) is 26.8 Å².